The maximum absolute atomic E-state index is 12.6. The molecule has 0 heterocycles. The third kappa shape index (κ3) is 15.8. The van der Waals surface area contributed by atoms with Crippen LogP contribution in [0.2, 0.25) is 26.2 Å². The maximum atomic E-state index is 12.6. The summed E-state index contributed by atoms with van der Waals surface area (Å²) in [6.07, 6.45) is 8.61. The predicted molar refractivity (Wildman–Crippen MR) is 143 cm³/mol. The standard InChI is InChI=1S/C24H38O4.C4H12Si/c1-5-9-13-19(7-3)17-27-23(25)21-15-11-12-16-22(21)24(26)28-18-20(8-4)14-10-6-2;1-5(2,3)4/h11-12,15-16,19-20H,5-10,13-14,17-18H2,1-4H3;1-4H3. The first-order chi connectivity index (χ1) is 15.6. The summed E-state index contributed by atoms with van der Waals surface area (Å²) in [5.74, 6) is -0.153. The average molecular weight is 479 g/mol. The smallest absolute Gasteiger partial charge is 0.339 e. The summed E-state index contributed by atoms with van der Waals surface area (Å²) in [7, 11) is -0.611. The van der Waals surface area contributed by atoms with Gasteiger partial charge in [0.1, 0.15) is 0 Å². The Morgan fingerprint density at radius 3 is 1.33 bits per heavy atom. The van der Waals surface area contributed by atoms with Crippen molar-refractivity contribution in [2.75, 3.05) is 13.2 Å². The Hall–Kier alpha value is -1.62. The summed E-state index contributed by atoms with van der Waals surface area (Å²) < 4.78 is 11.0. The Bertz CT molecular complexity index is 609. The van der Waals surface area contributed by atoms with Gasteiger partial charge in [-0.15, -0.1) is 0 Å². The third-order valence-electron chi connectivity index (χ3n) is 5.35. The lowest BCUT2D eigenvalue weighted by molar-refractivity contribution is 0.0381. The molecule has 1 aromatic carbocycles. The van der Waals surface area contributed by atoms with Crippen molar-refractivity contribution in [3.63, 3.8) is 0 Å². The van der Waals surface area contributed by atoms with Gasteiger partial charge in [-0.2, -0.15) is 0 Å². The van der Waals surface area contributed by atoms with Gasteiger partial charge in [0.2, 0.25) is 0 Å². The van der Waals surface area contributed by atoms with Crippen LogP contribution in [0.15, 0.2) is 24.3 Å². The minimum Gasteiger partial charge on any atom is -0.462 e. The van der Waals surface area contributed by atoms with Gasteiger partial charge in [0, 0.05) is 8.07 Å². The van der Waals surface area contributed by atoms with Crippen molar-refractivity contribution in [2.45, 2.75) is 105 Å². The summed E-state index contributed by atoms with van der Waals surface area (Å²) in [5.41, 5.74) is 0.582. The van der Waals surface area contributed by atoms with Gasteiger partial charge in [0.05, 0.1) is 24.3 Å². The highest BCUT2D eigenvalue weighted by Crippen LogP contribution is 2.18. The number of benzene rings is 1. The van der Waals surface area contributed by atoms with Crippen molar-refractivity contribution < 1.29 is 19.1 Å². The van der Waals surface area contributed by atoms with Crippen molar-refractivity contribution in [2.24, 2.45) is 11.8 Å². The summed E-state index contributed by atoms with van der Waals surface area (Å²) in [6, 6.07) is 6.77. The number of carbonyl (C=O) groups is 2. The van der Waals surface area contributed by atoms with E-state index >= 15 is 0 Å². The Labute approximate surface area is 204 Å². The number of rotatable bonds is 14. The molecule has 1 aromatic rings. The first kappa shape index (κ1) is 31.4. The molecule has 0 radical (unpaired) electrons. The highest BCUT2D eigenvalue weighted by Gasteiger charge is 2.21. The number of esters is 2. The minimum atomic E-state index is -0.611. The van der Waals surface area contributed by atoms with Crippen LogP contribution in [0, 0.1) is 11.8 Å². The van der Waals surface area contributed by atoms with Gasteiger partial charge < -0.3 is 9.47 Å². The molecule has 1 rings (SSSR count). The third-order valence-corrected chi connectivity index (χ3v) is 5.35. The topological polar surface area (TPSA) is 52.6 Å². The second-order valence-electron chi connectivity index (χ2n) is 10.6. The second-order valence-corrected chi connectivity index (χ2v) is 16.6. The highest BCUT2D eigenvalue weighted by atomic mass is 28.3. The molecule has 190 valence electrons. The Balaban J connectivity index is 0.00000184. The number of hydrogen-bond donors (Lipinski definition) is 0. The molecule has 4 nitrogen and oxygen atoms in total. The fraction of sp³-hybridized carbons (Fsp3) is 0.714. The van der Waals surface area contributed by atoms with Gasteiger partial charge in [0.15, 0.2) is 0 Å². The first-order valence-electron chi connectivity index (χ1n) is 13.0. The van der Waals surface area contributed by atoms with E-state index in [2.05, 4.69) is 53.9 Å². The van der Waals surface area contributed by atoms with E-state index in [4.69, 9.17) is 9.47 Å². The van der Waals surface area contributed by atoms with Crippen LogP contribution >= 0.6 is 0 Å². The quantitative estimate of drug-likeness (QED) is 0.199. The summed E-state index contributed by atoms with van der Waals surface area (Å²) in [4.78, 5) is 25.1. The van der Waals surface area contributed by atoms with Crippen molar-refractivity contribution in [1.82, 2.24) is 0 Å². The highest BCUT2D eigenvalue weighted by molar-refractivity contribution is 6.74. The van der Waals surface area contributed by atoms with Crippen LogP contribution in [0.3, 0.4) is 0 Å². The van der Waals surface area contributed by atoms with Gasteiger partial charge in [-0.25, -0.2) is 9.59 Å². The summed E-state index contributed by atoms with van der Waals surface area (Å²) in [5, 5.41) is 0. The maximum Gasteiger partial charge on any atom is 0.339 e. The van der Waals surface area contributed by atoms with Gasteiger partial charge in [0.25, 0.3) is 0 Å². The van der Waals surface area contributed by atoms with Crippen molar-refractivity contribution in [1.29, 1.82) is 0 Å². The molecule has 0 saturated heterocycles. The Kier molecular flexibility index (Phi) is 16.9. The van der Waals surface area contributed by atoms with Crippen LogP contribution in [0.5, 0.6) is 0 Å². The Morgan fingerprint density at radius 1 is 0.727 bits per heavy atom. The van der Waals surface area contributed by atoms with E-state index in [1.807, 2.05) is 0 Å². The van der Waals surface area contributed by atoms with Gasteiger partial charge in [-0.05, 0) is 36.8 Å². The predicted octanol–water partition coefficient (Wildman–Crippen LogP) is 8.39. The molecule has 0 N–H and O–H groups in total. The van der Waals surface area contributed by atoms with Crippen LogP contribution < -0.4 is 0 Å². The molecule has 0 amide bonds. The zero-order valence-corrected chi connectivity index (χ0v) is 23.7. The largest absolute Gasteiger partial charge is 0.462 e. The fourth-order valence-electron chi connectivity index (χ4n) is 3.18. The van der Waals surface area contributed by atoms with E-state index in [0.717, 1.165) is 51.4 Å². The molecule has 2 unspecified atom stereocenters. The number of hydrogen-bond acceptors (Lipinski definition) is 4. The molecule has 0 bridgehead atoms. The molecule has 0 aliphatic heterocycles. The molecule has 0 aromatic heterocycles. The molecular weight excluding hydrogens is 428 g/mol. The normalized spacial score (nSPS) is 12.8. The van der Waals surface area contributed by atoms with Gasteiger partial charge >= 0.3 is 11.9 Å². The minimum absolute atomic E-state index is 0.291. The Morgan fingerprint density at radius 2 is 1.06 bits per heavy atom. The SMILES string of the molecule is CCCCC(CC)COC(=O)c1ccccc1C(=O)OCC(CC)CCCC.C[Si](C)(C)C. The summed E-state index contributed by atoms with van der Waals surface area (Å²) >= 11 is 0. The van der Waals surface area contributed by atoms with E-state index in [0.29, 0.717) is 36.2 Å². The second kappa shape index (κ2) is 17.8. The van der Waals surface area contributed by atoms with Crippen molar-refractivity contribution in [3.05, 3.63) is 35.4 Å². The first-order valence-corrected chi connectivity index (χ1v) is 17.0. The molecule has 0 aliphatic carbocycles. The van der Waals surface area contributed by atoms with Crippen LogP contribution in [0.4, 0.5) is 0 Å². The molecule has 0 aliphatic rings. The molecule has 5 heteroatoms. The average Bonchev–Trinajstić information content (AvgIpc) is 2.77. The van der Waals surface area contributed by atoms with Crippen molar-refractivity contribution in [3.8, 4) is 0 Å². The van der Waals surface area contributed by atoms with E-state index in [1.165, 1.54) is 0 Å². The molecule has 0 spiro atoms. The van der Waals surface area contributed by atoms with Crippen LogP contribution in [0.25, 0.3) is 0 Å². The molecule has 2 atom stereocenters. The van der Waals surface area contributed by atoms with Crippen molar-refractivity contribution >= 4 is 20.0 Å². The zero-order valence-electron chi connectivity index (χ0n) is 22.7. The monoisotopic (exact) mass is 478 g/mol. The molecule has 33 heavy (non-hydrogen) atoms. The number of carbonyl (C=O) groups excluding carboxylic acids is 2. The zero-order chi connectivity index (χ0) is 25.3. The van der Waals surface area contributed by atoms with Crippen LogP contribution in [-0.2, 0) is 9.47 Å². The number of ether oxygens (including phenoxy) is 2. The van der Waals surface area contributed by atoms with E-state index in [9.17, 15) is 9.59 Å². The lowest BCUT2D eigenvalue weighted by atomic mass is 10.0. The lowest BCUT2D eigenvalue weighted by Gasteiger charge is -2.17. The fourth-order valence-corrected chi connectivity index (χ4v) is 3.18. The molecule has 0 saturated carbocycles. The van der Waals surface area contributed by atoms with Crippen LogP contribution in [0.1, 0.15) is 99.8 Å². The molecule has 0 fully saturated rings. The van der Waals surface area contributed by atoms with Gasteiger partial charge in [-0.1, -0.05) is 105 Å². The van der Waals surface area contributed by atoms with E-state index in [-0.39, 0.29) is 0 Å². The number of unbranched alkanes of at least 4 members (excludes halogenated alkanes) is 2. The summed E-state index contributed by atoms with van der Waals surface area (Å²) in [6.45, 7) is 18.6. The molecular formula is C28H50O4Si. The lowest BCUT2D eigenvalue weighted by Crippen LogP contribution is -2.19. The van der Waals surface area contributed by atoms with Crippen LogP contribution in [-0.4, -0.2) is 33.2 Å². The van der Waals surface area contributed by atoms with Gasteiger partial charge in [-0.3, -0.25) is 0 Å². The van der Waals surface area contributed by atoms with E-state index in [1.54, 1.807) is 24.3 Å². The van der Waals surface area contributed by atoms with E-state index < -0.39 is 20.0 Å².